The second-order valence-corrected chi connectivity index (χ2v) is 13.3. The van der Waals surface area contributed by atoms with Gasteiger partial charge in [-0.25, -0.2) is 8.42 Å². The van der Waals surface area contributed by atoms with Crippen LogP contribution in [0.5, 0.6) is 0 Å². The predicted octanol–water partition coefficient (Wildman–Crippen LogP) is 5.79. The van der Waals surface area contributed by atoms with Crippen LogP contribution in [0.1, 0.15) is 36.1 Å². The van der Waals surface area contributed by atoms with E-state index < -0.39 is 28.5 Å². The van der Waals surface area contributed by atoms with E-state index in [1.807, 2.05) is 64.1 Å². The van der Waals surface area contributed by atoms with E-state index >= 15 is 0 Å². The molecule has 0 fully saturated rings. The van der Waals surface area contributed by atoms with E-state index in [0.29, 0.717) is 27.8 Å². The Morgan fingerprint density at radius 2 is 1.54 bits per heavy atom. The molecule has 220 valence electrons. The third-order valence-corrected chi connectivity index (χ3v) is 8.65. The minimum Gasteiger partial charge on any atom is -0.354 e. The van der Waals surface area contributed by atoms with Crippen molar-refractivity contribution in [3.8, 4) is 0 Å². The van der Waals surface area contributed by atoms with E-state index in [1.165, 1.54) is 4.90 Å². The van der Waals surface area contributed by atoms with Crippen molar-refractivity contribution >= 4 is 50.7 Å². The summed E-state index contributed by atoms with van der Waals surface area (Å²) in [6.07, 6.45) is 1.27. The first-order chi connectivity index (χ1) is 19.3. The van der Waals surface area contributed by atoms with Crippen LogP contribution in [-0.4, -0.2) is 50.5 Å². The number of nitrogens with zero attached hydrogens (tertiary/aromatic N) is 2. The average molecular weight is 619 g/mol. The van der Waals surface area contributed by atoms with Crippen LogP contribution in [-0.2, 0) is 32.6 Å². The van der Waals surface area contributed by atoms with Gasteiger partial charge < -0.3 is 10.2 Å². The molecule has 0 bridgehead atoms. The fraction of sp³-hybridized carbons (Fsp3) is 0.355. The van der Waals surface area contributed by atoms with Gasteiger partial charge in [0.15, 0.2) is 0 Å². The summed E-state index contributed by atoms with van der Waals surface area (Å²) in [6, 6.07) is 18.6. The first kappa shape index (κ1) is 32.4. The van der Waals surface area contributed by atoms with Gasteiger partial charge in [-0.2, -0.15) is 0 Å². The van der Waals surface area contributed by atoms with Gasteiger partial charge in [-0.05, 0) is 60.7 Å². The topological polar surface area (TPSA) is 86.8 Å². The summed E-state index contributed by atoms with van der Waals surface area (Å²) in [5.74, 6) is -0.731. The Bertz CT molecular complexity index is 1460. The van der Waals surface area contributed by atoms with Crippen molar-refractivity contribution in [3.05, 3.63) is 99.0 Å². The molecule has 7 nitrogen and oxygen atoms in total. The average Bonchev–Trinajstić information content (AvgIpc) is 2.90. The van der Waals surface area contributed by atoms with E-state index in [-0.39, 0.29) is 24.8 Å². The minimum absolute atomic E-state index is 0.0888. The molecule has 0 aliphatic rings. The Morgan fingerprint density at radius 1 is 0.902 bits per heavy atom. The molecule has 0 aliphatic heterocycles. The highest BCUT2D eigenvalue weighted by Crippen LogP contribution is 2.28. The second kappa shape index (κ2) is 14.2. The third kappa shape index (κ3) is 8.96. The second-order valence-electron chi connectivity index (χ2n) is 10.6. The van der Waals surface area contributed by atoms with E-state index in [1.54, 1.807) is 30.3 Å². The molecule has 41 heavy (non-hydrogen) atoms. The molecule has 1 atom stereocenters. The number of aryl methyl sites for hydroxylation is 2. The third-order valence-electron chi connectivity index (χ3n) is 6.80. The fourth-order valence-corrected chi connectivity index (χ4v) is 5.68. The van der Waals surface area contributed by atoms with Crippen LogP contribution in [0.25, 0.3) is 0 Å². The molecule has 3 aromatic carbocycles. The Hall–Kier alpha value is -3.07. The number of carbonyl (C=O) groups is 2. The van der Waals surface area contributed by atoms with Crippen molar-refractivity contribution < 1.29 is 18.0 Å². The number of rotatable bonds is 12. The molecule has 1 N–H and O–H groups in total. The van der Waals surface area contributed by atoms with Crippen molar-refractivity contribution in [1.82, 2.24) is 10.2 Å². The van der Waals surface area contributed by atoms with Gasteiger partial charge in [0.2, 0.25) is 21.8 Å². The molecular formula is C31H37Cl2N3O4S. The molecule has 0 aromatic heterocycles. The molecule has 3 aromatic rings. The first-order valence-electron chi connectivity index (χ1n) is 13.4. The molecule has 0 saturated carbocycles. The maximum Gasteiger partial charge on any atom is 0.244 e. The highest BCUT2D eigenvalue weighted by molar-refractivity contribution is 7.92. The molecule has 0 radical (unpaired) electrons. The van der Waals surface area contributed by atoms with Crippen molar-refractivity contribution in [2.75, 3.05) is 23.7 Å². The summed E-state index contributed by atoms with van der Waals surface area (Å²) in [7, 11) is -3.86. The standard InChI is InChI=1S/C31H37Cl2N3O4S/c1-21(2)18-34-31(38)29(17-24-10-7-6-8-11-24)35(19-26-27(32)12-9-13-28(26)33)30(37)20-36(41(5,39)40)25-15-14-22(3)23(4)16-25/h6-16,21,29H,17-20H2,1-5H3,(H,34,38)/t29-/m0/s1. The molecule has 0 aliphatic carbocycles. The van der Waals surface area contributed by atoms with Gasteiger partial charge in [0.25, 0.3) is 0 Å². The van der Waals surface area contributed by atoms with Crippen LogP contribution in [0.2, 0.25) is 10.0 Å². The number of sulfonamides is 1. The molecule has 3 rings (SSSR count). The number of carbonyl (C=O) groups excluding carboxylic acids is 2. The molecule has 0 unspecified atom stereocenters. The van der Waals surface area contributed by atoms with E-state index in [4.69, 9.17) is 23.2 Å². The number of hydrogen-bond acceptors (Lipinski definition) is 4. The van der Waals surface area contributed by atoms with Crippen molar-refractivity contribution in [3.63, 3.8) is 0 Å². The number of nitrogens with one attached hydrogen (secondary N) is 1. The maximum atomic E-state index is 14.2. The Balaban J connectivity index is 2.10. The van der Waals surface area contributed by atoms with Gasteiger partial charge in [0.05, 0.1) is 11.9 Å². The highest BCUT2D eigenvalue weighted by atomic mass is 35.5. The lowest BCUT2D eigenvalue weighted by molar-refractivity contribution is -0.140. The Labute approximate surface area is 253 Å². The number of halogens is 2. The lowest BCUT2D eigenvalue weighted by Crippen LogP contribution is -2.53. The van der Waals surface area contributed by atoms with Crippen LogP contribution in [0.4, 0.5) is 5.69 Å². The van der Waals surface area contributed by atoms with E-state index in [9.17, 15) is 18.0 Å². The lowest BCUT2D eigenvalue weighted by atomic mass is 10.0. The SMILES string of the molecule is Cc1ccc(N(CC(=O)N(Cc2c(Cl)cccc2Cl)[C@@H](Cc2ccccc2)C(=O)NCC(C)C)S(C)(=O)=O)cc1C. The zero-order valence-corrected chi connectivity index (χ0v) is 26.4. The molecule has 0 saturated heterocycles. The maximum absolute atomic E-state index is 14.2. The minimum atomic E-state index is -3.86. The van der Waals surface area contributed by atoms with Gasteiger partial charge in [-0.1, -0.05) is 79.5 Å². The van der Waals surface area contributed by atoms with Gasteiger partial charge in [-0.3, -0.25) is 13.9 Å². The summed E-state index contributed by atoms with van der Waals surface area (Å²) >= 11 is 13.0. The smallest absolute Gasteiger partial charge is 0.244 e. The quantitative estimate of drug-likeness (QED) is 0.279. The number of benzene rings is 3. The molecular weight excluding hydrogens is 581 g/mol. The summed E-state index contributed by atoms with van der Waals surface area (Å²) in [5.41, 5.74) is 3.56. The van der Waals surface area contributed by atoms with E-state index in [2.05, 4.69) is 5.32 Å². The molecule has 10 heteroatoms. The molecule has 0 heterocycles. The lowest BCUT2D eigenvalue weighted by Gasteiger charge is -2.34. The van der Waals surface area contributed by atoms with Crippen LogP contribution >= 0.6 is 23.2 Å². The zero-order chi connectivity index (χ0) is 30.3. The summed E-state index contributed by atoms with van der Waals surface area (Å²) in [6.45, 7) is 7.58. The van der Waals surface area contributed by atoms with Crippen LogP contribution in [0.15, 0.2) is 66.7 Å². The van der Waals surface area contributed by atoms with Crippen LogP contribution in [0.3, 0.4) is 0 Å². The van der Waals surface area contributed by atoms with Gasteiger partial charge in [0, 0.05) is 35.1 Å². The normalized spacial score (nSPS) is 12.2. The Kier molecular flexibility index (Phi) is 11.2. The zero-order valence-electron chi connectivity index (χ0n) is 24.0. The van der Waals surface area contributed by atoms with Crippen LogP contribution < -0.4 is 9.62 Å². The van der Waals surface area contributed by atoms with Crippen molar-refractivity contribution in [2.24, 2.45) is 5.92 Å². The predicted molar refractivity (Wildman–Crippen MR) is 167 cm³/mol. The fourth-order valence-electron chi connectivity index (χ4n) is 4.32. The first-order valence-corrected chi connectivity index (χ1v) is 16.0. The van der Waals surface area contributed by atoms with Crippen molar-refractivity contribution in [2.45, 2.75) is 46.7 Å². The monoisotopic (exact) mass is 617 g/mol. The number of hydrogen-bond donors (Lipinski definition) is 1. The Morgan fingerprint density at radius 3 is 2.10 bits per heavy atom. The highest BCUT2D eigenvalue weighted by Gasteiger charge is 2.33. The summed E-state index contributed by atoms with van der Waals surface area (Å²) in [5, 5.41) is 3.63. The van der Waals surface area contributed by atoms with E-state index in [0.717, 1.165) is 27.3 Å². The van der Waals surface area contributed by atoms with Crippen LogP contribution in [0, 0.1) is 19.8 Å². The largest absolute Gasteiger partial charge is 0.354 e. The summed E-state index contributed by atoms with van der Waals surface area (Å²) < 4.78 is 27.0. The number of anilines is 1. The molecule has 2 amide bonds. The van der Waals surface area contributed by atoms with Gasteiger partial charge >= 0.3 is 0 Å². The molecule has 0 spiro atoms. The van der Waals surface area contributed by atoms with Gasteiger partial charge in [0.1, 0.15) is 12.6 Å². The summed E-state index contributed by atoms with van der Waals surface area (Å²) in [4.78, 5) is 29.3. The van der Waals surface area contributed by atoms with Gasteiger partial charge in [-0.15, -0.1) is 0 Å². The number of amides is 2. The van der Waals surface area contributed by atoms with Crippen molar-refractivity contribution in [1.29, 1.82) is 0 Å².